The Hall–Kier alpha value is -3.02. The van der Waals surface area contributed by atoms with Gasteiger partial charge in [0.2, 0.25) is 0 Å². The summed E-state index contributed by atoms with van der Waals surface area (Å²) in [7, 11) is 0. The molecule has 160 valence electrons. The predicted octanol–water partition coefficient (Wildman–Crippen LogP) is 3.98. The van der Waals surface area contributed by atoms with Crippen LogP contribution in [0.2, 0.25) is 0 Å². The number of rotatable bonds is 10. The molecule has 3 rings (SSSR count). The first-order valence-corrected chi connectivity index (χ1v) is 10.5. The van der Waals surface area contributed by atoms with Crippen LogP contribution in [0.1, 0.15) is 49.8 Å². The Morgan fingerprint density at radius 1 is 1.03 bits per heavy atom. The summed E-state index contributed by atoms with van der Waals surface area (Å²) in [6.07, 6.45) is 3.66. The highest BCUT2D eigenvalue weighted by Gasteiger charge is 2.21. The first-order chi connectivity index (χ1) is 14.7. The molecule has 0 aromatic heterocycles. The Labute approximate surface area is 177 Å². The van der Waals surface area contributed by atoms with Crippen molar-refractivity contribution >= 4 is 11.9 Å². The topological polar surface area (TPSA) is 73.9 Å². The molecule has 30 heavy (non-hydrogen) atoms. The highest BCUT2D eigenvalue weighted by Crippen LogP contribution is 2.29. The fourth-order valence-corrected chi connectivity index (χ4v) is 3.60. The molecule has 0 fully saturated rings. The Morgan fingerprint density at radius 2 is 1.77 bits per heavy atom. The fraction of sp³-hybridized carbons (Fsp3) is 0.417. The molecule has 2 aromatic rings. The van der Waals surface area contributed by atoms with Crippen molar-refractivity contribution in [3.63, 3.8) is 0 Å². The van der Waals surface area contributed by atoms with Crippen molar-refractivity contribution in [3.05, 3.63) is 59.7 Å². The Kier molecular flexibility index (Phi) is 8.12. The van der Waals surface area contributed by atoms with Gasteiger partial charge in [0, 0.05) is 6.42 Å². The lowest BCUT2D eigenvalue weighted by atomic mass is 9.88. The number of para-hydroxylation sites is 2. The van der Waals surface area contributed by atoms with Gasteiger partial charge in [-0.1, -0.05) is 36.4 Å². The monoisotopic (exact) mass is 411 g/mol. The SMILES string of the molecule is CCOc1ccccc1OCCCC(=O)OCC(=O)N[C@H]1CCCc2ccccc21. The second-order valence-electron chi connectivity index (χ2n) is 7.20. The molecule has 1 aliphatic carbocycles. The van der Waals surface area contributed by atoms with Gasteiger partial charge in [-0.3, -0.25) is 9.59 Å². The van der Waals surface area contributed by atoms with E-state index in [1.165, 1.54) is 5.56 Å². The van der Waals surface area contributed by atoms with E-state index in [-0.39, 0.29) is 25.0 Å². The van der Waals surface area contributed by atoms with Crippen LogP contribution in [0.5, 0.6) is 11.5 Å². The number of hydrogen-bond acceptors (Lipinski definition) is 5. The van der Waals surface area contributed by atoms with Gasteiger partial charge >= 0.3 is 5.97 Å². The van der Waals surface area contributed by atoms with E-state index in [2.05, 4.69) is 17.4 Å². The van der Waals surface area contributed by atoms with E-state index in [1.807, 2.05) is 43.3 Å². The van der Waals surface area contributed by atoms with Crippen LogP contribution in [0.4, 0.5) is 0 Å². The molecule has 0 saturated heterocycles. The summed E-state index contributed by atoms with van der Waals surface area (Å²) in [5.41, 5.74) is 2.44. The van der Waals surface area contributed by atoms with Crippen LogP contribution in [-0.2, 0) is 20.7 Å². The number of esters is 1. The van der Waals surface area contributed by atoms with Crippen LogP contribution in [0.15, 0.2) is 48.5 Å². The fourth-order valence-electron chi connectivity index (χ4n) is 3.60. The normalized spacial score (nSPS) is 15.0. The van der Waals surface area contributed by atoms with Crippen LogP contribution in [0.3, 0.4) is 0 Å². The van der Waals surface area contributed by atoms with E-state index in [1.54, 1.807) is 0 Å². The summed E-state index contributed by atoms with van der Waals surface area (Å²) >= 11 is 0. The number of carbonyl (C=O) groups is 2. The number of fused-ring (bicyclic) bond motifs is 1. The Bertz CT molecular complexity index is 851. The molecule has 1 N–H and O–H groups in total. The predicted molar refractivity (Wildman–Crippen MR) is 114 cm³/mol. The largest absolute Gasteiger partial charge is 0.490 e. The smallest absolute Gasteiger partial charge is 0.306 e. The lowest BCUT2D eigenvalue weighted by Gasteiger charge is -2.26. The van der Waals surface area contributed by atoms with Gasteiger partial charge in [0.25, 0.3) is 5.91 Å². The third-order valence-corrected chi connectivity index (χ3v) is 5.00. The van der Waals surface area contributed by atoms with Gasteiger partial charge in [-0.15, -0.1) is 0 Å². The zero-order chi connectivity index (χ0) is 21.2. The number of amides is 1. The first kappa shape index (κ1) is 21.7. The summed E-state index contributed by atoms with van der Waals surface area (Å²) in [6, 6.07) is 15.6. The van der Waals surface area contributed by atoms with E-state index in [4.69, 9.17) is 14.2 Å². The number of aryl methyl sites for hydroxylation is 1. The molecule has 6 nitrogen and oxygen atoms in total. The van der Waals surface area contributed by atoms with Crippen molar-refractivity contribution in [1.82, 2.24) is 5.32 Å². The summed E-state index contributed by atoms with van der Waals surface area (Å²) in [5, 5.41) is 2.98. The lowest BCUT2D eigenvalue weighted by Crippen LogP contribution is -2.34. The molecule has 0 saturated carbocycles. The average molecular weight is 411 g/mol. The van der Waals surface area contributed by atoms with Gasteiger partial charge in [0.05, 0.1) is 19.3 Å². The standard InChI is InChI=1S/C24H29NO5/c1-2-28-21-13-5-6-14-22(21)29-16-8-15-24(27)30-17-23(26)25-20-12-7-10-18-9-3-4-11-19(18)20/h3-6,9,11,13-14,20H,2,7-8,10,12,15-17H2,1H3,(H,25,26)/t20-/m0/s1. The van der Waals surface area contributed by atoms with Crippen LogP contribution in [0, 0.1) is 0 Å². The van der Waals surface area contributed by atoms with E-state index in [0.717, 1.165) is 24.8 Å². The van der Waals surface area contributed by atoms with Gasteiger partial charge in [-0.25, -0.2) is 0 Å². The molecule has 1 atom stereocenters. The molecule has 0 spiro atoms. The average Bonchev–Trinajstić information content (AvgIpc) is 2.77. The number of benzene rings is 2. The zero-order valence-electron chi connectivity index (χ0n) is 17.4. The molecule has 2 aromatic carbocycles. The molecular formula is C24H29NO5. The Morgan fingerprint density at radius 3 is 2.57 bits per heavy atom. The van der Waals surface area contributed by atoms with Crippen LogP contribution in [-0.4, -0.2) is 31.7 Å². The van der Waals surface area contributed by atoms with Crippen molar-refractivity contribution in [2.75, 3.05) is 19.8 Å². The second kappa shape index (κ2) is 11.2. The second-order valence-corrected chi connectivity index (χ2v) is 7.20. The molecule has 0 bridgehead atoms. The zero-order valence-corrected chi connectivity index (χ0v) is 17.4. The van der Waals surface area contributed by atoms with E-state index in [9.17, 15) is 9.59 Å². The van der Waals surface area contributed by atoms with Crippen molar-refractivity contribution in [2.45, 2.75) is 45.1 Å². The maximum absolute atomic E-state index is 12.2. The number of hydrogen-bond donors (Lipinski definition) is 1. The van der Waals surface area contributed by atoms with E-state index < -0.39 is 5.97 Å². The van der Waals surface area contributed by atoms with Gasteiger partial charge in [-0.2, -0.15) is 0 Å². The number of ether oxygens (including phenoxy) is 3. The van der Waals surface area contributed by atoms with Crippen molar-refractivity contribution in [1.29, 1.82) is 0 Å². The quantitative estimate of drug-likeness (QED) is 0.473. The molecule has 6 heteroatoms. The molecule has 0 heterocycles. The van der Waals surface area contributed by atoms with Crippen LogP contribution >= 0.6 is 0 Å². The highest BCUT2D eigenvalue weighted by molar-refractivity contribution is 5.80. The van der Waals surface area contributed by atoms with Crippen molar-refractivity contribution < 1.29 is 23.8 Å². The molecule has 0 unspecified atom stereocenters. The highest BCUT2D eigenvalue weighted by atomic mass is 16.5. The van der Waals surface area contributed by atoms with E-state index >= 15 is 0 Å². The third-order valence-electron chi connectivity index (χ3n) is 5.00. The summed E-state index contributed by atoms with van der Waals surface area (Å²) < 4.78 is 16.3. The minimum Gasteiger partial charge on any atom is -0.490 e. The molecule has 1 aliphatic rings. The van der Waals surface area contributed by atoms with Crippen LogP contribution < -0.4 is 14.8 Å². The maximum atomic E-state index is 12.2. The molecular weight excluding hydrogens is 382 g/mol. The van der Waals surface area contributed by atoms with Gasteiger partial charge in [0.15, 0.2) is 18.1 Å². The maximum Gasteiger partial charge on any atom is 0.306 e. The third kappa shape index (κ3) is 6.24. The molecule has 1 amide bonds. The summed E-state index contributed by atoms with van der Waals surface area (Å²) in [4.78, 5) is 24.1. The first-order valence-electron chi connectivity index (χ1n) is 10.5. The van der Waals surface area contributed by atoms with Crippen molar-refractivity contribution in [3.8, 4) is 11.5 Å². The number of carbonyl (C=O) groups excluding carboxylic acids is 2. The van der Waals surface area contributed by atoms with Crippen molar-refractivity contribution in [2.24, 2.45) is 0 Å². The van der Waals surface area contributed by atoms with Gasteiger partial charge in [0.1, 0.15) is 0 Å². The van der Waals surface area contributed by atoms with Gasteiger partial charge < -0.3 is 19.5 Å². The Balaban J connectivity index is 1.35. The molecule has 0 aliphatic heterocycles. The van der Waals surface area contributed by atoms with E-state index in [0.29, 0.717) is 31.1 Å². The summed E-state index contributed by atoms with van der Waals surface area (Å²) in [5.74, 6) is 0.659. The minimum atomic E-state index is -0.407. The van der Waals surface area contributed by atoms with Crippen LogP contribution in [0.25, 0.3) is 0 Å². The lowest BCUT2D eigenvalue weighted by molar-refractivity contribution is -0.149. The molecule has 0 radical (unpaired) electrons. The number of nitrogens with one attached hydrogen (secondary N) is 1. The van der Waals surface area contributed by atoms with Gasteiger partial charge in [-0.05, 0) is 55.9 Å². The summed E-state index contributed by atoms with van der Waals surface area (Å²) in [6.45, 7) is 2.58. The minimum absolute atomic E-state index is 0.0139.